The summed E-state index contributed by atoms with van der Waals surface area (Å²) >= 11 is 0. The molecular weight excluding hydrogens is 264 g/mol. The van der Waals surface area contributed by atoms with Crippen molar-refractivity contribution in [2.75, 3.05) is 0 Å². The molecule has 0 aromatic carbocycles. The molecule has 0 aliphatic carbocycles. The molecule has 0 aromatic heterocycles. The van der Waals surface area contributed by atoms with E-state index in [9.17, 15) is 0 Å². The van der Waals surface area contributed by atoms with Gasteiger partial charge in [0.1, 0.15) is 0 Å². The Morgan fingerprint density at radius 3 is 1.86 bits per heavy atom. The fourth-order valence-corrected chi connectivity index (χ4v) is 0.250. The van der Waals surface area contributed by atoms with Crippen molar-refractivity contribution in [3.8, 4) is 0 Å². The van der Waals surface area contributed by atoms with Gasteiger partial charge in [-0.3, -0.25) is 0 Å². The first kappa shape index (κ1) is 15.6. The molecule has 0 spiro atoms. The van der Waals surface area contributed by atoms with Crippen molar-refractivity contribution >= 4 is 0 Å². The average molecular weight is 278 g/mol. The maximum atomic E-state index is 3.68. The van der Waals surface area contributed by atoms with Crippen LogP contribution in [0, 0.1) is 14.4 Å². The zero-order valence-electron chi connectivity index (χ0n) is 5.16. The summed E-state index contributed by atoms with van der Waals surface area (Å²) in [6.07, 6.45) is 3.65. The van der Waals surface area contributed by atoms with E-state index < -0.39 is 0 Å². The van der Waals surface area contributed by atoms with Crippen LogP contribution in [0.3, 0.4) is 0 Å². The van der Waals surface area contributed by atoms with Gasteiger partial charge in [-0.2, -0.15) is 6.42 Å². The van der Waals surface area contributed by atoms with Crippen molar-refractivity contribution in [1.82, 2.24) is 0 Å². The van der Waals surface area contributed by atoms with E-state index in [1.54, 1.807) is 0 Å². The molecule has 0 bridgehead atoms. The first-order chi connectivity index (χ1) is 2.41. The van der Waals surface area contributed by atoms with Crippen LogP contribution in [0.2, 0.25) is 0 Å². The molecule has 0 nitrogen and oxygen atoms in total. The Morgan fingerprint density at radius 2 is 1.86 bits per heavy atom. The Morgan fingerprint density at radius 1 is 1.43 bits per heavy atom. The first-order valence-corrected chi connectivity index (χ1v) is 2.21. The normalized spacial score (nSPS) is 6.00. The van der Waals surface area contributed by atoms with Crippen molar-refractivity contribution in [2.24, 2.45) is 0 Å². The van der Waals surface area contributed by atoms with E-state index in [4.69, 9.17) is 0 Å². The van der Waals surface area contributed by atoms with Crippen LogP contribution >= 0.6 is 0 Å². The number of rotatable bonds is 2. The summed E-state index contributed by atoms with van der Waals surface area (Å²) in [5, 5.41) is 0. The third-order valence-corrected chi connectivity index (χ3v) is 0.604. The zero-order chi connectivity index (χ0) is 4.12. The van der Waals surface area contributed by atoms with Crippen LogP contribution in [0.5, 0.6) is 0 Å². The van der Waals surface area contributed by atoms with Crippen molar-refractivity contribution in [2.45, 2.75) is 26.2 Å². The van der Waals surface area contributed by atoms with Crippen molar-refractivity contribution in [3.05, 3.63) is 14.4 Å². The van der Waals surface area contributed by atoms with Crippen LogP contribution in [0.15, 0.2) is 0 Å². The second kappa shape index (κ2) is 15.9. The summed E-state index contributed by atoms with van der Waals surface area (Å²) in [5.74, 6) is 0. The molecular formula is C6H14Ir-2. The maximum Gasteiger partial charge on any atom is 0 e. The van der Waals surface area contributed by atoms with Gasteiger partial charge in [-0.1, -0.05) is 19.8 Å². The van der Waals surface area contributed by atoms with Gasteiger partial charge in [0.2, 0.25) is 0 Å². The van der Waals surface area contributed by atoms with Crippen LogP contribution in [0.4, 0.5) is 0 Å². The summed E-state index contributed by atoms with van der Waals surface area (Å²) in [6, 6.07) is 0. The molecule has 0 aliphatic heterocycles. The summed E-state index contributed by atoms with van der Waals surface area (Å²) in [6.45, 7) is 5.85. The number of hydrogen-bond acceptors (Lipinski definition) is 0. The van der Waals surface area contributed by atoms with Gasteiger partial charge in [-0.15, -0.1) is 0 Å². The van der Waals surface area contributed by atoms with E-state index in [0.29, 0.717) is 0 Å². The second-order valence-corrected chi connectivity index (χ2v) is 1.21. The predicted molar refractivity (Wildman–Crippen MR) is 31.3 cm³/mol. The fraction of sp³-hybridized carbons (Fsp3) is 0.667. The predicted octanol–water partition coefficient (Wildman–Crippen LogP) is 2.46. The van der Waals surface area contributed by atoms with Gasteiger partial charge in [0.15, 0.2) is 0 Å². The van der Waals surface area contributed by atoms with Crippen LogP contribution in [0.25, 0.3) is 0 Å². The van der Waals surface area contributed by atoms with Crippen LogP contribution in [-0.4, -0.2) is 0 Å². The van der Waals surface area contributed by atoms with Gasteiger partial charge in [0, 0.05) is 20.1 Å². The molecule has 0 N–H and O–H groups in total. The molecule has 0 heterocycles. The SMILES string of the molecule is [CH2-]CCCC.[CH3-].[Ir]. The van der Waals surface area contributed by atoms with E-state index in [-0.39, 0.29) is 27.5 Å². The molecule has 7 heavy (non-hydrogen) atoms. The Hall–Kier alpha value is 0.649. The van der Waals surface area contributed by atoms with E-state index in [1.807, 2.05) is 0 Å². The van der Waals surface area contributed by atoms with Crippen LogP contribution < -0.4 is 0 Å². The summed E-state index contributed by atoms with van der Waals surface area (Å²) in [5.41, 5.74) is 0. The van der Waals surface area contributed by atoms with Crippen LogP contribution in [0.1, 0.15) is 26.2 Å². The monoisotopic (exact) mass is 279 g/mol. The van der Waals surface area contributed by atoms with E-state index in [1.165, 1.54) is 12.8 Å². The molecule has 1 heteroatoms. The van der Waals surface area contributed by atoms with E-state index in [2.05, 4.69) is 13.8 Å². The molecule has 0 amide bonds. The third kappa shape index (κ3) is 20.5. The fourth-order valence-electron chi connectivity index (χ4n) is 0.250. The van der Waals surface area contributed by atoms with Gasteiger partial charge in [0.05, 0.1) is 0 Å². The smallest absolute Gasteiger partial charge is 0 e. The molecule has 0 fully saturated rings. The van der Waals surface area contributed by atoms with Crippen molar-refractivity contribution in [1.29, 1.82) is 0 Å². The molecule has 0 saturated carbocycles. The van der Waals surface area contributed by atoms with E-state index >= 15 is 0 Å². The molecule has 49 valence electrons. The molecule has 0 aliphatic rings. The topological polar surface area (TPSA) is 0 Å². The molecule has 0 rings (SSSR count). The summed E-state index contributed by atoms with van der Waals surface area (Å²) in [7, 11) is 0. The molecule has 0 saturated heterocycles. The van der Waals surface area contributed by atoms with Crippen LogP contribution in [-0.2, 0) is 20.1 Å². The second-order valence-electron chi connectivity index (χ2n) is 1.21. The minimum absolute atomic E-state index is 0. The summed E-state index contributed by atoms with van der Waals surface area (Å²) in [4.78, 5) is 0. The molecule has 1 radical (unpaired) electrons. The first-order valence-electron chi connectivity index (χ1n) is 2.21. The van der Waals surface area contributed by atoms with Crippen molar-refractivity contribution < 1.29 is 20.1 Å². The van der Waals surface area contributed by atoms with Gasteiger partial charge < -0.3 is 14.4 Å². The van der Waals surface area contributed by atoms with Gasteiger partial charge in [-0.05, 0) is 0 Å². The average Bonchev–Trinajstić information content (AvgIpc) is 1.41. The van der Waals surface area contributed by atoms with Gasteiger partial charge >= 0.3 is 0 Å². The largest absolute Gasteiger partial charge is 0.358 e. The molecule has 0 unspecified atom stereocenters. The Balaban J connectivity index is -0.0000000800. The third-order valence-electron chi connectivity index (χ3n) is 0.604. The molecule has 0 atom stereocenters. The quantitative estimate of drug-likeness (QED) is 0.681. The van der Waals surface area contributed by atoms with E-state index in [0.717, 1.165) is 6.42 Å². The van der Waals surface area contributed by atoms with Crippen molar-refractivity contribution in [3.63, 3.8) is 0 Å². The zero-order valence-corrected chi connectivity index (χ0v) is 7.56. The minimum atomic E-state index is 0. The Bertz CT molecular complexity index is 11.7. The Kier molecular flexibility index (Phi) is 35.6. The van der Waals surface area contributed by atoms with Gasteiger partial charge in [0.25, 0.3) is 0 Å². The number of hydrogen-bond donors (Lipinski definition) is 0. The minimum Gasteiger partial charge on any atom is -0.358 e. The van der Waals surface area contributed by atoms with Gasteiger partial charge in [-0.25, -0.2) is 0 Å². The molecule has 0 aromatic rings. The maximum absolute atomic E-state index is 3.68. The summed E-state index contributed by atoms with van der Waals surface area (Å²) < 4.78 is 0. The Labute approximate surface area is 61.0 Å². The standard InChI is InChI=1S/C5H11.CH3.Ir/c1-3-5-4-2;;/h1,3-5H2,2H3;1H3;/q2*-1;. The number of unbranched alkanes of at least 4 members (excludes halogenated alkanes) is 2.